The fourth-order valence-electron chi connectivity index (χ4n) is 5.21. The van der Waals surface area contributed by atoms with Crippen LogP contribution in [0.5, 0.6) is 0 Å². The largest absolute Gasteiger partial charge is 0.207 e. The highest BCUT2D eigenvalue weighted by Crippen LogP contribution is 2.48. The molecular weight excluding hydrogens is 381 g/mol. The predicted octanol–water partition coefficient (Wildman–Crippen LogP) is 7.30. The van der Waals surface area contributed by atoms with E-state index in [0.717, 1.165) is 32.1 Å². The Morgan fingerprint density at radius 1 is 0.900 bits per heavy atom. The molecule has 0 aromatic heterocycles. The molecule has 0 aliphatic heterocycles. The monoisotopic (exact) mass is 408 g/mol. The second-order valence-electron chi connectivity index (χ2n) is 8.88. The first-order valence-corrected chi connectivity index (χ1v) is 10.8. The normalized spacial score (nSPS) is 25.7. The summed E-state index contributed by atoms with van der Waals surface area (Å²) in [6, 6.07) is 7.86. The van der Waals surface area contributed by atoms with E-state index in [4.69, 9.17) is 0 Å². The van der Waals surface area contributed by atoms with E-state index in [1.807, 2.05) is 0 Å². The van der Waals surface area contributed by atoms with Gasteiger partial charge in [-0.2, -0.15) is 0 Å². The summed E-state index contributed by atoms with van der Waals surface area (Å²) in [6.07, 6.45) is 8.46. The molecule has 156 valence electrons. The predicted molar refractivity (Wildman–Crippen MR) is 115 cm³/mol. The molecule has 3 heteroatoms. The second-order valence-corrected chi connectivity index (χ2v) is 8.88. The smallest absolute Gasteiger partial charge is 0.174 e. The highest BCUT2D eigenvalue weighted by Gasteiger charge is 2.36. The lowest BCUT2D eigenvalue weighted by Gasteiger charge is -2.41. The average molecular weight is 409 g/mol. The maximum atomic E-state index is 14.9. The van der Waals surface area contributed by atoms with Gasteiger partial charge in [0, 0.05) is 5.56 Å². The van der Waals surface area contributed by atoms with E-state index in [9.17, 15) is 13.2 Å². The van der Waals surface area contributed by atoms with Crippen LogP contribution in [0.4, 0.5) is 13.2 Å². The zero-order chi connectivity index (χ0) is 21.3. The van der Waals surface area contributed by atoms with Gasteiger partial charge in [0.05, 0.1) is 5.56 Å². The van der Waals surface area contributed by atoms with Gasteiger partial charge >= 0.3 is 0 Å². The van der Waals surface area contributed by atoms with E-state index in [0.29, 0.717) is 34.4 Å². The van der Waals surface area contributed by atoms with Crippen molar-refractivity contribution in [3.05, 3.63) is 82.7 Å². The third-order valence-electron chi connectivity index (χ3n) is 7.05. The minimum absolute atomic E-state index is 0.0115. The summed E-state index contributed by atoms with van der Waals surface area (Å²) in [5, 5.41) is 0. The molecule has 2 fully saturated rings. The molecule has 0 bridgehead atoms. The molecule has 0 N–H and O–H groups in total. The van der Waals surface area contributed by atoms with Gasteiger partial charge in [-0.25, -0.2) is 13.2 Å². The number of benzene rings is 2. The van der Waals surface area contributed by atoms with Crippen LogP contribution in [-0.4, -0.2) is 0 Å². The number of rotatable bonds is 2. The topological polar surface area (TPSA) is 0 Å². The van der Waals surface area contributed by atoms with E-state index in [2.05, 4.69) is 24.5 Å². The third kappa shape index (κ3) is 4.19. The van der Waals surface area contributed by atoms with Crippen LogP contribution in [-0.2, 0) is 0 Å². The van der Waals surface area contributed by atoms with Gasteiger partial charge in [-0.15, -0.1) is 6.58 Å². The Morgan fingerprint density at radius 2 is 1.67 bits per heavy atom. The summed E-state index contributed by atoms with van der Waals surface area (Å²) >= 11 is 0. The summed E-state index contributed by atoms with van der Waals surface area (Å²) < 4.78 is 43.3. The molecule has 2 aliphatic rings. The molecule has 30 heavy (non-hydrogen) atoms. The number of aryl methyl sites for hydroxylation is 1. The summed E-state index contributed by atoms with van der Waals surface area (Å²) in [6.45, 7) is 5.60. The molecule has 0 heterocycles. The van der Waals surface area contributed by atoms with Crippen molar-refractivity contribution in [1.29, 1.82) is 0 Å². The van der Waals surface area contributed by atoms with Crippen LogP contribution in [0.3, 0.4) is 0 Å². The summed E-state index contributed by atoms with van der Waals surface area (Å²) in [5.74, 6) is 5.32. The van der Waals surface area contributed by atoms with Gasteiger partial charge < -0.3 is 0 Å². The molecule has 0 radical (unpaired) electrons. The Bertz CT molecular complexity index is 1010. The van der Waals surface area contributed by atoms with Crippen LogP contribution in [0.2, 0.25) is 0 Å². The second kappa shape index (κ2) is 8.72. The molecule has 2 aliphatic carbocycles. The fourth-order valence-corrected chi connectivity index (χ4v) is 5.21. The SMILES string of the molecule is C=CC1CCC2CC(c3ccc(C#Cc4ccc(C)c(F)c4)c(F)c3F)CCC2C1. The van der Waals surface area contributed by atoms with Crippen LogP contribution in [0, 0.1) is 54.0 Å². The Labute approximate surface area is 177 Å². The van der Waals surface area contributed by atoms with E-state index in [1.54, 1.807) is 31.2 Å². The molecule has 4 atom stereocenters. The lowest BCUT2D eigenvalue weighted by atomic mass is 9.64. The molecule has 0 saturated heterocycles. The van der Waals surface area contributed by atoms with Gasteiger partial charge in [0.1, 0.15) is 5.82 Å². The van der Waals surface area contributed by atoms with Crippen molar-refractivity contribution in [1.82, 2.24) is 0 Å². The Balaban J connectivity index is 1.52. The summed E-state index contributed by atoms with van der Waals surface area (Å²) in [5.41, 5.74) is 1.45. The van der Waals surface area contributed by atoms with Crippen molar-refractivity contribution in [2.75, 3.05) is 0 Å². The maximum Gasteiger partial charge on any atom is 0.174 e. The highest BCUT2D eigenvalue weighted by atomic mass is 19.2. The van der Waals surface area contributed by atoms with Crippen molar-refractivity contribution in [2.45, 2.75) is 51.4 Å². The number of hydrogen-bond acceptors (Lipinski definition) is 0. The van der Waals surface area contributed by atoms with E-state index in [-0.39, 0.29) is 17.3 Å². The van der Waals surface area contributed by atoms with Gasteiger partial charge in [-0.3, -0.25) is 0 Å². The fraction of sp³-hybridized carbons (Fsp3) is 0.407. The van der Waals surface area contributed by atoms with Crippen molar-refractivity contribution in [2.24, 2.45) is 17.8 Å². The van der Waals surface area contributed by atoms with Gasteiger partial charge in [0.2, 0.25) is 0 Å². The number of halogens is 3. The third-order valence-corrected chi connectivity index (χ3v) is 7.05. The quantitative estimate of drug-likeness (QED) is 0.361. The van der Waals surface area contributed by atoms with E-state index < -0.39 is 11.6 Å². The van der Waals surface area contributed by atoms with E-state index >= 15 is 0 Å². The van der Waals surface area contributed by atoms with Gasteiger partial charge in [0.15, 0.2) is 11.6 Å². The Kier molecular flexibility index (Phi) is 6.04. The zero-order valence-electron chi connectivity index (χ0n) is 17.4. The molecule has 2 saturated carbocycles. The van der Waals surface area contributed by atoms with Gasteiger partial charge in [-0.1, -0.05) is 30.0 Å². The maximum absolute atomic E-state index is 14.9. The standard InChI is InChI=1S/C27H27F3/c1-3-18-6-9-22-16-23(11-10-21(22)14-18)24-13-12-20(26(29)27(24)30)8-7-19-5-4-17(2)25(28)15-19/h3-5,12-13,15,18,21-23H,1,6,9-11,14,16H2,2H3. The molecule has 0 spiro atoms. The summed E-state index contributed by atoms with van der Waals surface area (Å²) in [4.78, 5) is 0. The molecule has 2 aromatic carbocycles. The van der Waals surface area contributed by atoms with Crippen molar-refractivity contribution in [3.63, 3.8) is 0 Å². The minimum atomic E-state index is -0.898. The Hall–Kier alpha value is -2.47. The average Bonchev–Trinajstić information content (AvgIpc) is 2.76. The van der Waals surface area contributed by atoms with Crippen molar-refractivity contribution < 1.29 is 13.2 Å². The Morgan fingerprint density at radius 3 is 2.43 bits per heavy atom. The number of allylic oxidation sites excluding steroid dienone is 1. The molecular formula is C27H27F3. The van der Waals surface area contributed by atoms with Crippen LogP contribution in [0.25, 0.3) is 0 Å². The molecule has 2 aromatic rings. The number of hydrogen-bond donors (Lipinski definition) is 0. The van der Waals surface area contributed by atoms with E-state index in [1.165, 1.54) is 12.5 Å². The van der Waals surface area contributed by atoms with Gasteiger partial charge in [-0.05, 0) is 98.4 Å². The van der Waals surface area contributed by atoms with Crippen LogP contribution in [0.15, 0.2) is 43.0 Å². The first-order valence-electron chi connectivity index (χ1n) is 10.8. The lowest BCUT2D eigenvalue weighted by Crippen LogP contribution is -2.30. The van der Waals surface area contributed by atoms with Crippen LogP contribution < -0.4 is 0 Å². The minimum Gasteiger partial charge on any atom is -0.207 e. The first kappa shape index (κ1) is 20.8. The zero-order valence-corrected chi connectivity index (χ0v) is 17.4. The van der Waals surface area contributed by atoms with Crippen LogP contribution >= 0.6 is 0 Å². The molecule has 4 unspecified atom stereocenters. The molecule has 4 rings (SSSR count). The van der Waals surface area contributed by atoms with Crippen molar-refractivity contribution >= 4 is 0 Å². The molecule has 0 amide bonds. The number of fused-ring (bicyclic) bond motifs is 1. The van der Waals surface area contributed by atoms with Crippen LogP contribution in [0.1, 0.15) is 66.7 Å². The lowest BCUT2D eigenvalue weighted by molar-refractivity contribution is 0.132. The molecule has 0 nitrogen and oxygen atoms in total. The highest BCUT2D eigenvalue weighted by molar-refractivity contribution is 5.45. The van der Waals surface area contributed by atoms with Crippen molar-refractivity contribution in [3.8, 4) is 11.8 Å². The summed E-state index contributed by atoms with van der Waals surface area (Å²) in [7, 11) is 0. The van der Waals surface area contributed by atoms with Gasteiger partial charge in [0.25, 0.3) is 0 Å². The first-order chi connectivity index (χ1) is 14.5.